The first kappa shape index (κ1) is 29.5. The minimum Gasteiger partial charge on any atom is -0.354 e. The van der Waals surface area contributed by atoms with Crippen LogP contribution in [0.4, 0.5) is 5.69 Å². The van der Waals surface area contributed by atoms with Gasteiger partial charge in [-0.25, -0.2) is 8.42 Å². The van der Waals surface area contributed by atoms with Gasteiger partial charge in [0.05, 0.1) is 20.6 Å². The monoisotopic (exact) mass is 575 g/mol. The lowest BCUT2D eigenvalue weighted by Crippen LogP contribution is -2.51. The van der Waals surface area contributed by atoms with Gasteiger partial charge in [-0.2, -0.15) is 0 Å². The Morgan fingerprint density at radius 3 is 2.21 bits per heavy atom. The van der Waals surface area contributed by atoms with Gasteiger partial charge in [-0.1, -0.05) is 78.2 Å². The van der Waals surface area contributed by atoms with Gasteiger partial charge in [-0.05, 0) is 56.2 Å². The third-order valence-electron chi connectivity index (χ3n) is 5.99. The first-order valence-electron chi connectivity index (χ1n) is 12.2. The Hall–Kier alpha value is -3.07. The van der Waals surface area contributed by atoms with Crippen molar-refractivity contribution in [2.75, 3.05) is 17.4 Å². The number of hydrogen-bond donors (Lipinski definition) is 1. The molecule has 202 valence electrons. The van der Waals surface area contributed by atoms with E-state index in [1.165, 1.54) is 35.2 Å². The summed E-state index contributed by atoms with van der Waals surface area (Å²) in [6, 6.07) is 18.9. The van der Waals surface area contributed by atoms with Gasteiger partial charge >= 0.3 is 0 Å². The zero-order valence-corrected chi connectivity index (χ0v) is 23.9. The molecule has 1 N–H and O–H groups in total. The molecule has 3 aromatic rings. The summed E-state index contributed by atoms with van der Waals surface area (Å²) in [5.74, 6) is -0.866. The first-order valence-corrected chi connectivity index (χ1v) is 14.4. The number of hydrogen-bond acceptors (Lipinski definition) is 4. The quantitative estimate of drug-likeness (QED) is 0.330. The van der Waals surface area contributed by atoms with Crippen molar-refractivity contribution in [2.45, 2.75) is 44.7 Å². The minimum atomic E-state index is -4.17. The molecular weight excluding hydrogens is 545 g/mol. The molecule has 38 heavy (non-hydrogen) atoms. The Balaban J connectivity index is 2.02. The minimum absolute atomic E-state index is 0.0118. The van der Waals surface area contributed by atoms with Crippen LogP contribution in [0.5, 0.6) is 0 Å². The fraction of sp³-hybridized carbons (Fsp3) is 0.286. The second-order valence-corrected chi connectivity index (χ2v) is 11.6. The van der Waals surface area contributed by atoms with Crippen molar-refractivity contribution in [2.24, 2.45) is 0 Å². The summed E-state index contributed by atoms with van der Waals surface area (Å²) in [5, 5.41) is 3.22. The zero-order valence-electron chi connectivity index (χ0n) is 21.5. The number of benzene rings is 3. The summed E-state index contributed by atoms with van der Waals surface area (Å²) in [7, 11) is -4.17. The molecule has 3 rings (SSSR count). The largest absolute Gasteiger partial charge is 0.354 e. The maximum Gasteiger partial charge on any atom is 0.264 e. The number of carbonyl (C=O) groups is 2. The molecule has 0 aromatic heterocycles. The second-order valence-electron chi connectivity index (χ2n) is 8.90. The van der Waals surface area contributed by atoms with Crippen LogP contribution < -0.4 is 9.62 Å². The van der Waals surface area contributed by atoms with E-state index in [1.807, 2.05) is 38.1 Å². The average molecular weight is 577 g/mol. The lowest BCUT2D eigenvalue weighted by Gasteiger charge is -2.32. The van der Waals surface area contributed by atoms with Crippen LogP contribution in [-0.2, 0) is 26.2 Å². The maximum absolute atomic E-state index is 13.8. The van der Waals surface area contributed by atoms with Gasteiger partial charge in [0.25, 0.3) is 10.0 Å². The molecular formula is C28H31Cl2N3O4S. The van der Waals surface area contributed by atoms with Crippen molar-refractivity contribution >= 4 is 50.7 Å². The highest BCUT2D eigenvalue weighted by Gasteiger charge is 2.32. The van der Waals surface area contributed by atoms with Gasteiger partial charge in [-0.15, -0.1) is 0 Å². The molecule has 0 aliphatic heterocycles. The molecule has 0 heterocycles. The summed E-state index contributed by atoms with van der Waals surface area (Å²) in [6.45, 7) is 5.56. The van der Waals surface area contributed by atoms with Crippen molar-refractivity contribution in [1.29, 1.82) is 0 Å². The third-order valence-corrected chi connectivity index (χ3v) is 8.52. The molecule has 3 aromatic carbocycles. The predicted octanol–water partition coefficient (Wildman–Crippen LogP) is 5.44. The van der Waals surface area contributed by atoms with Gasteiger partial charge in [0, 0.05) is 13.1 Å². The second kappa shape index (κ2) is 13.1. The van der Waals surface area contributed by atoms with Crippen LogP contribution in [0.2, 0.25) is 10.0 Å². The van der Waals surface area contributed by atoms with Crippen molar-refractivity contribution in [3.05, 3.63) is 94.0 Å². The molecule has 7 nitrogen and oxygen atoms in total. The van der Waals surface area contributed by atoms with Gasteiger partial charge in [-0.3, -0.25) is 13.9 Å². The average Bonchev–Trinajstić information content (AvgIpc) is 2.91. The number of anilines is 1. The fourth-order valence-electron chi connectivity index (χ4n) is 3.76. The summed E-state index contributed by atoms with van der Waals surface area (Å²) in [4.78, 5) is 28.1. The summed E-state index contributed by atoms with van der Waals surface area (Å²) in [6.07, 6.45) is 0.741. The molecule has 0 radical (unpaired) electrons. The molecule has 0 saturated heterocycles. The van der Waals surface area contributed by atoms with E-state index in [0.29, 0.717) is 6.54 Å². The van der Waals surface area contributed by atoms with Gasteiger partial charge in [0.1, 0.15) is 12.6 Å². The van der Waals surface area contributed by atoms with E-state index in [2.05, 4.69) is 5.32 Å². The molecule has 0 aliphatic rings. The standard InChI is InChI=1S/C28H31Cl2N3O4S/c1-4-16-31-28(35)21(3)32(18-22-12-10-20(2)11-13-22)27(34)19-33(23-14-15-25(29)26(30)17-23)38(36,37)24-8-6-5-7-9-24/h5-15,17,21H,4,16,18-19H2,1-3H3,(H,31,35)/t21-/m1/s1. The van der Waals surface area contributed by atoms with Crippen molar-refractivity contribution in [3.63, 3.8) is 0 Å². The smallest absolute Gasteiger partial charge is 0.264 e. The molecule has 0 saturated carbocycles. The number of sulfonamides is 1. The zero-order chi connectivity index (χ0) is 27.9. The molecule has 1 atom stereocenters. The number of nitrogens with one attached hydrogen (secondary N) is 1. The van der Waals surface area contributed by atoms with Crippen LogP contribution >= 0.6 is 23.2 Å². The lowest BCUT2D eigenvalue weighted by atomic mass is 10.1. The number of rotatable bonds is 11. The Morgan fingerprint density at radius 1 is 0.947 bits per heavy atom. The van der Waals surface area contributed by atoms with Crippen LogP contribution in [0, 0.1) is 6.92 Å². The molecule has 0 fully saturated rings. The van der Waals surface area contributed by atoms with Crippen LogP contribution in [0.3, 0.4) is 0 Å². The van der Waals surface area contributed by atoms with Gasteiger partial charge in [0.2, 0.25) is 11.8 Å². The topological polar surface area (TPSA) is 86.8 Å². The summed E-state index contributed by atoms with van der Waals surface area (Å²) < 4.78 is 28.4. The van der Waals surface area contributed by atoms with E-state index in [1.54, 1.807) is 25.1 Å². The van der Waals surface area contributed by atoms with E-state index in [-0.39, 0.29) is 33.1 Å². The number of amides is 2. The number of aryl methyl sites for hydroxylation is 1. The molecule has 0 aliphatic carbocycles. The SMILES string of the molecule is CCCNC(=O)[C@@H](C)N(Cc1ccc(C)cc1)C(=O)CN(c1ccc(Cl)c(Cl)c1)S(=O)(=O)c1ccccc1. The van der Waals surface area contributed by atoms with Crippen LogP contribution in [0.15, 0.2) is 77.7 Å². The van der Waals surface area contributed by atoms with Crippen LogP contribution in [0.1, 0.15) is 31.4 Å². The van der Waals surface area contributed by atoms with Crippen molar-refractivity contribution in [1.82, 2.24) is 10.2 Å². The number of nitrogens with zero attached hydrogens (tertiary/aromatic N) is 2. The molecule has 2 amide bonds. The molecule has 0 spiro atoms. The van der Waals surface area contributed by atoms with E-state index in [9.17, 15) is 18.0 Å². The Labute approximate surface area is 234 Å². The normalized spacial score (nSPS) is 12.0. The maximum atomic E-state index is 13.8. The summed E-state index contributed by atoms with van der Waals surface area (Å²) in [5.41, 5.74) is 2.04. The van der Waals surface area contributed by atoms with Crippen molar-refractivity contribution in [3.8, 4) is 0 Å². The van der Waals surface area contributed by atoms with E-state index in [0.717, 1.165) is 21.9 Å². The van der Waals surface area contributed by atoms with E-state index in [4.69, 9.17) is 23.2 Å². The first-order chi connectivity index (χ1) is 18.0. The Morgan fingerprint density at radius 2 is 1.61 bits per heavy atom. The predicted molar refractivity (Wildman–Crippen MR) is 152 cm³/mol. The Kier molecular flexibility index (Phi) is 10.2. The highest BCUT2D eigenvalue weighted by atomic mass is 35.5. The highest BCUT2D eigenvalue weighted by molar-refractivity contribution is 7.92. The van der Waals surface area contributed by atoms with Crippen LogP contribution in [-0.4, -0.2) is 44.3 Å². The third kappa shape index (κ3) is 7.28. The molecule has 0 bridgehead atoms. The van der Waals surface area contributed by atoms with E-state index < -0.39 is 28.5 Å². The fourth-order valence-corrected chi connectivity index (χ4v) is 5.48. The summed E-state index contributed by atoms with van der Waals surface area (Å²) >= 11 is 12.3. The molecule has 0 unspecified atom stereocenters. The number of halogens is 2. The van der Waals surface area contributed by atoms with Gasteiger partial charge < -0.3 is 10.2 Å². The number of carbonyl (C=O) groups excluding carboxylic acids is 2. The lowest BCUT2D eigenvalue weighted by molar-refractivity contribution is -0.139. The molecule has 10 heteroatoms. The van der Waals surface area contributed by atoms with E-state index >= 15 is 0 Å². The van der Waals surface area contributed by atoms with Crippen molar-refractivity contribution < 1.29 is 18.0 Å². The van der Waals surface area contributed by atoms with Gasteiger partial charge in [0.15, 0.2) is 0 Å². The highest BCUT2D eigenvalue weighted by Crippen LogP contribution is 2.30. The Bertz CT molecular complexity index is 1370. The van der Waals surface area contributed by atoms with Crippen LogP contribution in [0.25, 0.3) is 0 Å².